The minimum absolute atomic E-state index is 0.253. The van der Waals surface area contributed by atoms with Crippen LogP contribution in [-0.2, 0) is 17.3 Å². The predicted molar refractivity (Wildman–Crippen MR) is 101 cm³/mol. The normalized spacial score (nSPS) is 18.3. The molecule has 0 saturated carbocycles. The Labute approximate surface area is 165 Å². The van der Waals surface area contributed by atoms with Gasteiger partial charge in [-0.15, -0.1) is 0 Å². The number of benzene rings is 1. The number of carbonyl (C=O) groups is 1. The molecule has 0 unspecified atom stereocenters. The molecule has 1 aliphatic carbocycles. The van der Waals surface area contributed by atoms with E-state index in [0.717, 1.165) is 17.3 Å². The zero-order valence-corrected chi connectivity index (χ0v) is 15.8. The molecule has 1 aliphatic heterocycles. The SMILES string of the molecule is COc1cc2c(cc1N1CCOCC1)CC(=Cc1ncccc1C(F)(F)F)C2=O. The van der Waals surface area contributed by atoms with Crippen molar-refractivity contribution in [2.24, 2.45) is 0 Å². The molecule has 152 valence electrons. The molecule has 1 aromatic carbocycles. The van der Waals surface area contributed by atoms with Crippen LogP contribution in [0.2, 0.25) is 0 Å². The number of ether oxygens (including phenoxy) is 2. The Balaban J connectivity index is 1.71. The lowest BCUT2D eigenvalue weighted by Gasteiger charge is -2.30. The van der Waals surface area contributed by atoms with Crippen molar-refractivity contribution in [2.75, 3.05) is 38.3 Å². The second-order valence-corrected chi connectivity index (χ2v) is 6.89. The zero-order valence-electron chi connectivity index (χ0n) is 15.8. The molecule has 0 radical (unpaired) electrons. The fourth-order valence-electron chi connectivity index (χ4n) is 3.70. The molecule has 0 N–H and O–H groups in total. The van der Waals surface area contributed by atoms with Crippen LogP contribution in [0, 0.1) is 0 Å². The van der Waals surface area contributed by atoms with Crippen LogP contribution in [0.5, 0.6) is 5.75 Å². The highest BCUT2D eigenvalue weighted by atomic mass is 19.4. The fourth-order valence-corrected chi connectivity index (χ4v) is 3.70. The largest absolute Gasteiger partial charge is 0.495 e. The molecule has 8 heteroatoms. The lowest BCUT2D eigenvalue weighted by atomic mass is 10.1. The molecule has 0 atom stereocenters. The number of pyridine rings is 1. The number of fused-ring (bicyclic) bond motifs is 1. The van der Waals surface area contributed by atoms with E-state index in [9.17, 15) is 18.0 Å². The van der Waals surface area contributed by atoms with Crippen molar-refractivity contribution in [1.29, 1.82) is 0 Å². The van der Waals surface area contributed by atoms with E-state index in [0.29, 0.717) is 37.6 Å². The summed E-state index contributed by atoms with van der Waals surface area (Å²) in [5, 5.41) is 0. The fraction of sp³-hybridized carbons (Fsp3) is 0.333. The summed E-state index contributed by atoms with van der Waals surface area (Å²) in [5.41, 5.74) is 1.25. The number of morpholine rings is 1. The first-order valence-electron chi connectivity index (χ1n) is 9.19. The van der Waals surface area contributed by atoms with Crippen molar-refractivity contribution >= 4 is 17.5 Å². The number of rotatable bonds is 3. The van der Waals surface area contributed by atoms with E-state index in [-0.39, 0.29) is 23.5 Å². The maximum atomic E-state index is 13.3. The first kappa shape index (κ1) is 19.4. The van der Waals surface area contributed by atoms with E-state index in [1.165, 1.54) is 25.4 Å². The van der Waals surface area contributed by atoms with Gasteiger partial charge >= 0.3 is 6.18 Å². The van der Waals surface area contributed by atoms with Gasteiger partial charge in [0.15, 0.2) is 5.78 Å². The summed E-state index contributed by atoms with van der Waals surface area (Å²) in [4.78, 5) is 18.8. The van der Waals surface area contributed by atoms with Crippen LogP contribution in [0.25, 0.3) is 6.08 Å². The minimum Gasteiger partial charge on any atom is -0.495 e. The highest BCUT2D eigenvalue weighted by Crippen LogP contribution is 2.39. The van der Waals surface area contributed by atoms with Crippen molar-refractivity contribution in [3.05, 3.63) is 58.4 Å². The van der Waals surface area contributed by atoms with E-state index >= 15 is 0 Å². The lowest BCUT2D eigenvalue weighted by Crippen LogP contribution is -2.36. The summed E-state index contributed by atoms with van der Waals surface area (Å²) in [5.74, 6) is 0.264. The molecule has 5 nitrogen and oxygen atoms in total. The lowest BCUT2D eigenvalue weighted by molar-refractivity contribution is -0.138. The Hall–Kier alpha value is -2.87. The average Bonchev–Trinajstić information content (AvgIpc) is 3.02. The highest BCUT2D eigenvalue weighted by molar-refractivity contribution is 6.16. The van der Waals surface area contributed by atoms with E-state index < -0.39 is 11.7 Å². The van der Waals surface area contributed by atoms with Gasteiger partial charge in [-0.2, -0.15) is 13.2 Å². The Bertz CT molecular complexity index is 980. The van der Waals surface area contributed by atoms with Gasteiger partial charge in [0.2, 0.25) is 0 Å². The van der Waals surface area contributed by atoms with E-state index in [2.05, 4.69) is 9.88 Å². The van der Waals surface area contributed by atoms with Crippen molar-refractivity contribution in [3.63, 3.8) is 0 Å². The van der Waals surface area contributed by atoms with Gasteiger partial charge in [-0.25, -0.2) is 0 Å². The van der Waals surface area contributed by atoms with Gasteiger partial charge in [0, 0.05) is 36.8 Å². The van der Waals surface area contributed by atoms with Gasteiger partial charge in [0.05, 0.1) is 37.3 Å². The number of nitrogens with zero attached hydrogens (tertiary/aromatic N) is 2. The monoisotopic (exact) mass is 404 g/mol. The summed E-state index contributed by atoms with van der Waals surface area (Å²) in [7, 11) is 1.53. The standard InChI is InChI=1S/C21H19F3N2O3/c1-28-19-12-15-13(11-18(19)26-5-7-29-8-6-26)9-14(20(15)27)10-17-16(21(22,23)24)3-2-4-25-17/h2-4,10-12H,5-9H2,1H3. The number of hydrogen-bond donors (Lipinski definition) is 0. The second-order valence-electron chi connectivity index (χ2n) is 6.89. The highest BCUT2D eigenvalue weighted by Gasteiger charge is 2.34. The number of allylic oxidation sites excluding steroid dienone is 1. The molecule has 0 amide bonds. The molecule has 0 bridgehead atoms. The molecular formula is C21H19F3N2O3. The Kier molecular flexibility index (Phi) is 5.04. The number of anilines is 1. The van der Waals surface area contributed by atoms with E-state index in [1.807, 2.05) is 6.07 Å². The predicted octanol–water partition coefficient (Wildman–Crippen LogP) is 3.77. The van der Waals surface area contributed by atoms with Crippen LogP contribution in [0.3, 0.4) is 0 Å². The van der Waals surface area contributed by atoms with E-state index in [1.54, 1.807) is 6.07 Å². The number of halogens is 3. The van der Waals surface area contributed by atoms with Crippen LogP contribution >= 0.6 is 0 Å². The third-order valence-electron chi connectivity index (χ3n) is 5.13. The molecule has 4 rings (SSSR count). The first-order valence-corrected chi connectivity index (χ1v) is 9.19. The molecule has 29 heavy (non-hydrogen) atoms. The number of carbonyl (C=O) groups excluding carboxylic acids is 1. The number of alkyl halides is 3. The first-order chi connectivity index (χ1) is 13.9. The third kappa shape index (κ3) is 3.72. The van der Waals surface area contributed by atoms with Gasteiger partial charge in [-0.1, -0.05) is 0 Å². The second kappa shape index (κ2) is 7.51. The van der Waals surface area contributed by atoms with Gasteiger partial charge < -0.3 is 14.4 Å². The van der Waals surface area contributed by atoms with Gasteiger partial charge in [-0.05, 0) is 35.9 Å². The summed E-state index contributed by atoms with van der Waals surface area (Å²) >= 11 is 0. The molecule has 2 heterocycles. The van der Waals surface area contributed by atoms with Crippen molar-refractivity contribution < 1.29 is 27.4 Å². The summed E-state index contributed by atoms with van der Waals surface area (Å²) in [6.45, 7) is 2.61. The van der Waals surface area contributed by atoms with Crippen molar-refractivity contribution in [2.45, 2.75) is 12.6 Å². The van der Waals surface area contributed by atoms with Crippen LogP contribution in [-0.4, -0.2) is 44.2 Å². The van der Waals surface area contributed by atoms with Gasteiger partial charge in [0.25, 0.3) is 0 Å². The topological polar surface area (TPSA) is 51.7 Å². The summed E-state index contributed by atoms with van der Waals surface area (Å²) in [6, 6.07) is 5.76. The average molecular weight is 404 g/mol. The Morgan fingerprint density at radius 2 is 2.00 bits per heavy atom. The van der Waals surface area contributed by atoms with Crippen LogP contribution in [0.15, 0.2) is 36.0 Å². The summed E-state index contributed by atoms with van der Waals surface area (Å²) < 4.78 is 50.6. The van der Waals surface area contributed by atoms with Gasteiger partial charge in [-0.3, -0.25) is 9.78 Å². The number of ketones is 1. The Morgan fingerprint density at radius 1 is 1.24 bits per heavy atom. The molecule has 2 aliphatic rings. The molecule has 1 aromatic heterocycles. The number of Topliss-reactive ketones (excluding diaryl/α,β-unsaturated/α-hetero) is 1. The van der Waals surface area contributed by atoms with Crippen LogP contribution in [0.1, 0.15) is 27.2 Å². The minimum atomic E-state index is -4.54. The maximum Gasteiger partial charge on any atom is 0.418 e. The molecular weight excluding hydrogens is 385 g/mol. The van der Waals surface area contributed by atoms with Crippen LogP contribution in [0.4, 0.5) is 18.9 Å². The van der Waals surface area contributed by atoms with Gasteiger partial charge in [0.1, 0.15) is 5.75 Å². The molecule has 1 saturated heterocycles. The number of aromatic nitrogens is 1. The van der Waals surface area contributed by atoms with E-state index in [4.69, 9.17) is 9.47 Å². The quantitative estimate of drug-likeness (QED) is 0.729. The molecule has 0 spiro atoms. The Morgan fingerprint density at radius 3 is 2.69 bits per heavy atom. The smallest absolute Gasteiger partial charge is 0.418 e. The maximum absolute atomic E-state index is 13.3. The number of hydrogen-bond acceptors (Lipinski definition) is 5. The number of methoxy groups -OCH3 is 1. The molecule has 2 aromatic rings. The van der Waals surface area contributed by atoms with Crippen LogP contribution < -0.4 is 9.64 Å². The third-order valence-corrected chi connectivity index (χ3v) is 5.13. The summed E-state index contributed by atoms with van der Waals surface area (Å²) in [6.07, 6.45) is -1.76. The zero-order chi connectivity index (χ0) is 20.6. The molecule has 1 fully saturated rings. The van der Waals surface area contributed by atoms with Crippen molar-refractivity contribution in [3.8, 4) is 5.75 Å². The van der Waals surface area contributed by atoms with Crippen molar-refractivity contribution in [1.82, 2.24) is 4.98 Å².